The molecule has 0 spiro atoms. The molecule has 1 saturated carbocycles. The van der Waals surface area contributed by atoms with E-state index in [1.807, 2.05) is 0 Å². The highest BCUT2D eigenvalue weighted by Crippen LogP contribution is 2.32. The Morgan fingerprint density at radius 2 is 2.06 bits per heavy atom. The summed E-state index contributed by atoms with van der Waals surface area (Å²) in [5.74, 6) is 0.910. The molecule has 0 aromatic heterocycles. The second kappa shape index (κ2) is 6.36. The average Bonchev–Trinajstić information content (AvgIpc) is 2.38. The summed E-state index contributed by atoms with van der Waals surface area (Å²) in [6.45, 7) is 0.727. The Hall–Kier alpha value is -0.610. The van der Waals surface area contributed by atoms with Crippen molar-refractivity contribution >= 4 is 5.91 Å². The highest BCUT2D eigenvalue weighted by Gasteiger charge is 2.34. The summed E-state index contributed by atoms with van der Waals surface area (Å²) < 4.78 is 0. The molecule has 0 bridgehead atoms. The van der Waals surface area contributed by atoms with Gasteiger partial charge in [-0.05, 0) is 38.0 Å². The lowest BCUT2D eigenvalue weighted by Gasteiger charge is -2.39. The summed E-state index contributed by atoms with van der Waals surface area (Å²) >= 11 is 0. The molecule has 3 atom stereocenters. The van der Waals surface area contributed by atoms with Crippen molar-refractivity contribution in [3.05, 3.63) is 0 Å². The van der Waals surface area contributed by atoms with Crippen LogP contribution in [0, 0.1) is 5.92 Å². The standard InChI is InChI=1S/C13H24N2O2/c16-9-3-8-14-13(17)12-7-6-10-4-1-2-5-11(10)15-12/h10-12,15-16H,1-9H2,(H,14,17). The molecule has 4 nitrogen and oxygen atoms in total. The molecule has 1 heterocycles. The Morgan fingerprint density at radius 3 is 2.88 bits per heavy atom. The van der Waals surface area contributed by atoms with Crippen LogP contribution in [0.2, 0.25) is 0 Å². The van der Waals surface area contributed by atoms with Gasteiger partial charge in [0.25, 0.3) is 0 Å². The minimum Gasteiger partial charge on any atom is -0.396 e. The topological polar surface area (TPSA) is 61.4 Å². The number of carbonyl (C=O) groups excluding carboxylic acids is 1. The van der Waals surface area contributed by atoms with Crippen LogP contribution < -0.4 is 10.6 Å². The van der Waals surface area contributed by atoms with E-state index in [0.29, 0.717) is 19.0 Å². The zero-order valence-electron chi connectivity index (χ0n) is 10.5. The van der Waals surface area contributed by atoms with E-state index in [0.717, 1.165) is 12.3 Å². The maximum absolute atomic E-state index is 11.9. The first-order valence-electron chi connectivity index (χ1n) is 6.96. The quantitative estimate of drug-likeness (QED) is 0.637. The zero-order chi connectivity index (χ0) is 12.1. The molecule has 17 heavy (non-hydrogen) atoms. The fourth-order valence-electron chi connectivity index (χ4n) is 3.12. The Labute approximate surface area is 103 Å². The van der Waals surface area contributed by atoms with Gasteiger partial charge >= 0.3 is 0 Å². The van der Waals surface area contributed by atoms with Crippen molar-refractivity contribution in [3.8, 4) is 0 Å². The molecule has 3 N–H and O–H groups in total. The number of rotatable bonds is 4. The summed E-state index contributed by atoms with van der Waals surface area (Å²) in [5, 5.41) is 15.1. The van der Waals surface area contributed by atoms with Crippen LogP contribution >= 0.6 is 0 Å². The summed E-state index contributed by atoms with van der Waals surface area (Å²) in [6.07, 6.45) is 8.01. The van der Waals surface area contributed by atoms with Crippen LogP contribution in [-0.4, -0.2) is 36.2 Å². The molecule has 0 radical (unpaired) electrons. The van der Waals surface area contributed by atoms with E-state index in [-0.39, 0.29) is 18.6 Å². The molecule has 0 aromatic carbocycles. The number of fused-ring (bicyclic) bond motifs is 1. The SMILES string of the molecule is O=C(NCCCO)C1CCC2CCCCC2N1. The molecule has 1 aliphatic heterocycles. The minimum absolute atomic E-state index is 0.00644. The third-order valence-corrected chi connectivity index (χ3v) is 4.10. The number of carbonyl (C=O) groups is 1. The van der Waals surface area contributed by atoms with Crippen LogP contribution in [-0.2, 0) is 4.79 Å². The molecule has 2 fully saturated rings. The molecule has 0 aromatic rings. The van der Waals surface area contributed by atoms with Crippen LogP contribution in [0.1, 0.15) is 44.9 Å². The zero-order valence-corrected chi connectivity index (χ0v) is 10.5. The van der Waals surface area contributed by atoms with E-state index < -0.39 is 0 Å². The van der Waals surface area contributed by atoms with Crippen molar-refractivity contribution in [1.82, 2.24) is 10.6 Å². The average molecular weight is 240 g/mol. The Balaban J connectivity index is 1.76. The molecule has 1 saturated heterocycles. The number of hydrogen-bond donors (Lipinski definition) is 3. The fourth-order valence-corrected chi connectivity index (χ4v) is 3.12. The van der Waals surface area contributed by atoms with Crippen LogP contribution in [0.3, 0.4) is 0 Å². The van der Waals surface area contributed by atoms with Gasteiger partial charge in [0.1, 0.15) is 0 Å². The van der Waals surface area contributed by atoms with E-state index in [1.165, 1.54) is 32.1 Å². The van der Waals surface area contributed by atoms with Crippen molar-refractivity contribution in [2.45, 2.75) is 57.0 Å². The van der Waals surface area contributed by atoms with Gasteiger partial charge in [0.15, 0.2) is 0 Å². The maximum atomic E-state index is 11.9. The van der Waals surface area contributed by atoms with Gasteiger partial charge in [0.2, 0.25) is 5.91 Å². The molecule has 1 aliphatic carbocycles. The van der Waals surface area contributed by atoms with Gasteiger partial charge in [-0.25, -0.2) is 0 Å². The van der Waals surface area contributed by atoms with E-state index >= 15 is 0 Å². The normalized spacial score (nSPS) is 32.9. The van der Waals surface area contributed by atoms with Gasteiger partial charge in [-0.15, -0.1) is 0 Å². The lowest BCUT2D eigenvalue weighted by atomic mass is 9.77. The molecule has 1 amide bonds. The largest absolute Gasteiger partial charge is 0.396 e. The first-order chi connectivity index (χ1) is 8.31. The number of aliphatic hydroxyl groups excluding tert-OH is 1. The Morgan fingerprint density at radius 1 is 1.24 bits per heavy atom. The van der Waals surface area contributed by atoms with E-state index in [2.05, 4.69) is 10.6 Å². The minimum atomic E-state index is -0.00644. The fraction of sp³-hybridized carbons (Fsp3) is 0.923. The predicted molar refractivity (Wildman–Crippen MR) is 66.6 cm³/mol. The van der Waals surface area contributed by atoms with Gasteiger partial charge in [-0.3, -0.25) is 4.79 Å². The van der Waals surface area contributed by atoms with Crippen molar-refractivity contribution in [2.24, 2.45) is 5.92 Å². The molecular formula is C13H24N2O2. The van der Waals surface area contributed by atoms with Crippen molar-refractivity contribution < 1.29 is 9.90 Å². The first kappa shape index (κ1) is 12.8. The smallest absolute Gasteiger partial charge is 0.237 e. The van der Waals surface area contributed by atoms with Crippen molar-refractivity contribution in [1.29, 1.82) is 0 Å². The van der Waals surface area contributed by atoms with Crippen molar-refractivity contribution in [3.63, 3.8) is 0 Å². The van der Waals surface area contributed by atoms with Gasteiger partial charge in [0, 0.05) is 19.2 Å². The Kier molecular flexibility index (Phi) is 4.80. The lowest BCUT2D eigenvalue weighted by molar-refractivity contribution is -0.124. The molecule has 4 heteroatoms. The first-order valence-corrected chi connectivity index (χ1v) is 6.96. The second-order valence-electron chi connectivity index (χ2n) is 5.32. The van der Waals surface area contributed by atoms with Gasteiger partial charge in [-0.2, -0.15) is 0 Å². The van der Waals surface area contributed by atoms with Gasteiger partial charge < -0.3 is 15.7 Å². The number of hydrogen-bond acceptors (Lipinski definition) is 3. The van der Waals surface area contributed by atoms with Crippen LogP contribution in [0.15, 0.2) is 0 Å². The molecule has 3 unspecified atom stereocenters. The third-order valence-electron chi connectivity index (χ3n) is 4.10. The second-order valence-corrected chi connectivity index (χ2v) is 5.32. The predicted octanol–water partition coefficient (Wildman–Crippen LogP) is 0.796. The number of aliphatic hydroxyl groups is 1. The summed E-state index contributed by atoms with van der Waals surface area (Å²) in [6, 6.07) is 0.555. The molecular weight excluding hydrogens is 216 g/mol. The maximum Gasteiger partial charge on any atom is 0.237 e. The summed E-state index contributed by atoms with van der Waals surface area (Å²) in [5.41, 5.74) is 0. The van der Waals surface area contributed by atoms with E-state index in [1.54, 1.807) is 0 Å². The van der Waals surface area contributed by atoms with E-state index in [9.17, 15) is 4.79 Å². The van der Waals surface area contributed by atoms with Crippen LogP contribution in [0.5, 0.6) is 0 Å². The summed E-state index contributed by atoms with van der Waals surface area (Å²) in [7, 11) is 0. The van der Waals surface area contributed by atoms with Gasteiger partial charge in [-0.1, -0.05) is 12.8 Å². The molecule has 2 aliphatic rings. The van der Waals surface area contributed by atoms with E-state index in [4.69, 9.17) is 5.11 Å². The molecule has 98 valence electrons. The monoisotopic (exact) mass is 240 g/mol. The lowest BCUT2D eigenvalue weighted by Crippen LogP contribution is -2.55. The summed E-state index contributed by atoms with van der Waals surface area (Å²) in [4.78, 5) is 11.9. The molecule has 2 rings (SSSR count). The van der Waals surface area contributed by atoms with Crippen molar-refractivity contribution in [2.75, 3.05) is 13.2 Å². The third kappa shape index (κ3) is 3.42. The highest BCUT2D eigenvalue weighted by molar-refractivity contribution is 5.81. The van der Waals surface area contributed by atoms with Crippen LogP contribution in [0.4, 0.5) is 0 Å². The number of amides is 1. The van der Waals surface area contributed by atoms with Gasteiger partial charge in [0.05, 0.1) is 6.04 Å². The van der Waals surface area contributed by atoms with Crippen LogP contribution in [0.25, 0.3) is 0 Å². The number of nitrogens with one attached hydrogen (secondary N) is 2. The number of piperidine rings is 1. The highest BCUT2D eigenvalue weighted by atomic mass is 16.3. The Bertz CT molecular complexity index is 258.